The lowest BCUT2D eigenvalue weighted by atomic mass is 9.84. The summed E-state index contributed by atoms with van der Waals surface area (Å²) in [4.78, 5) is 15.5. The Kier molecular flexibility index (Phi) is 7.10. The zero-order chi connectivity index (χ0) is 23.0. The van der Waals surface area contributed by atoms with Crippen molar-refractivity contribution in [1.29, 1.82) is 0 Å². The fourth-order valence-corrected chi connectivity index (χ4v) is 5.38. The summed E-state index contributed by atoms with van der Waals surface area (Å²) in [5.74, 6) is -0.145. The molecule has 34 heavy (non-hydrogen) atoms. The van der Waals surface area contributed by atoms with Crippen molar-refractivity contribution in [1.82, 2.24) is 20.0 Å². The van der Waals surface area contributed by atoms with Gasteiger partial charge in [-0.15, -0.1) is 12.4 Å². The number of hydrogen-bond donors (Lipinski definition) is 1. The lowest BCUT2D eigenvalue weighted by Crippen LogP contribution is -2.50. The molecule has 0 aliphatic carbocycles. The molecule has 7 heteroatoms. The lowest BCUT2D eigenvalue weighted by molar-refractivity contribution is -0.136. The van der Waals surface area contributed by atoms with Crippen LogP contribution in [0.15, 0.2) is 66.9 Å². The highest BCUT2D eigenvalue weighted by molar-refractivity contribution is 5.85. The van der Waals surface area contributed by atoms with E-state index in [1.165, 1.54) is 6.07 Å². The van der Waals surface area contributed by atoms with Crippen molar-refractivity contribution < 1.29 is 9.18 Å². The molecular weight excluding hydrogens is 451 g/mol. The van der Waals surface area contributed by atoms with Crippen molar-refractivity contribution in [3.63, 3.8) is 0 Å². The third-order valence-electron chi connectivity index (χ3n) is 7.00. The molecule has 2 aromatic carbocycles. The van der Waals surface area contributed by atoms with E-state index >= 15 is 0 Å². The lowest BCUT2D eigenvalue weighted by Gasteiger charge is -2.39. The number of carbonyl (C=O) groups is 1. The summed E-state index contributed by atoms with van der Waals surface area (Å²) in [7, 11) is 0. The molecule has 0 bridgehead atoms. The summed E-state index contributed by atoms with van der Waals surface area (Å²) < 4.78 is 15.9. The Morgan fingerprint density at radius 3 is 2.65 bits per heavy atom. The number of aromatic nitrogens is 2. The summed E-state index contributed by atoms with van der Waals surface area (Å²) in [6.45, 7) is 6.03. The minimum atomic E-state index is -0.306. The summed E-state index contributed by atoms with van der Waals surface area (Å²) in [6.07, 6.45) is 4.77. The number of para-hydroxylation sites is 1. The van der Waals surface area contributed by atoms with E-state index < -0.39 is 0 Å². The van der Waals surface area contributed by atoms with E-state index in [0.29, 0.717) is 6.42 Å². The second kappa shape index (κ2) is 9.88. The molecule has 0 unspecified atom stereocenters. The van der Waals surface area contributed by atoms with E-state index in [0.717, 1.165) is 42.9 Å². The average Bonchev–Trinajstić information content (AvgIpc) is 3.46. The molecule has 5 nitrogen and oxygen atoms in total. The zero-order valence-electron chi connectivity index (χ0n) is 19.7. The van der Waals surface area contributed by atoms with Gasteiger partial charge in [0.15, 0.2) is 0 Å². The number of likely N-dealkylation sites (tertiary alicyclic amines) is 1. The molecule has 0 radical (unpaired) electrons. The molecule has 1 aromatic heterocycles. The Morgan fingerprint density at radius 1 is 1.12 bits per heavy atom. The van der Waals surface area contributed by atoms with Gasteiger partial charge in [0.1, 0.15) is 5.82 Å². The van der Waals surface area contributed by atoms with Gasteiger partial charge in [-0.25, -0.2) is 9.07 Å². The third kappa shape index (κ3) is 5.03. The number of nitrogens with zero attached hydrogens (tertiary/aromatic N) is 3. The predicted molar refractivity (Wildman–Crippen MR) is 134 cm³/mol. The van der Waals surface area contributed by atoms with E-state index in [1.54, 1.807) is 12.1 Å². The first-order valence-electron chi connectivity index (χ1n) is 11.8. The smallest absolute Gasteiger partial charge is 0.239 e. The first-order chi connectivity index (χ1) is 15.9. The quantitative estimate of drug-likeness (QED) is 0.551. The van der Waals surface area contributed by atoms with Crippen LogP contribution in [0.25, 0.3) is 5.69 Å². The van der Waals surface area contributed by atoms with Gasteiger partial charge in [-0.2, -0.15) is 5.10 Å². The molecule has 1 N–H and O–H groups in total. The SMILES string of the molecule is CC1(C)CCCN(C(=O)[C@@H]2C[C@H](c3ccn(-c4ccccc4)n3)[C@H](c3cccc(F)c3)N2)C1.Cl. The monoisotopic (exact) mass is 482 g/mol. The predicted octanol–water partition coefficient (Wildman–Crippen LogP) is 5.27. The molecule has 5 rings (SSSR count). The number of rotatable bonds is 4. The van der Waals surface area contributed by atoms with Gasteiger partial charge < -0.3 is 4.90 Å². The van der Waals surface area contributed by atoms with Crippen LogP contribution in [-0.4, -0.2) is 39.7 Å². The van der Waals surface area contributed by atoms with Crippen molar-refractivity contribution in [2.24, 2.45) is 5.41 Å². The largest absolute Gasteiger partial charge is 0.341 e. The van der Waals surface area contributed by atoms with Crippen LogP contribution in [-0.2, 0) is 4.79 Å². The maximum atomic E-state index is 14.1. The molecule has 3 aromatic rings. The molecule has 2 aliphatic heterocycles. The van der Waals surface area contributed by atoms with Gasteiger partial charge in [-0.05, 0) is 60.6 Å². The molecule has 2 saturated heterocycles. The standard InChI is InChI=1S/C27H31FN4O.ClH/c1-27(2)13-7-14-31(18-27)26(33)24-17-22(25(29-24)19-8-6-9-20(28)16-19)23-12-15-32(30-23)21-10-4-3-5-11-21;/h3-6,8-12,15-16,22,24-25,29H,7,13-14,17-18H2,1-2H3;1H/t22-,24+,25+;/m1./s1. The third-order valence-corrected chi connectivity index (χ3v) is 7.00. The number of halogens is 2. The van der Waals surface area contributed by atoms with Crippen molar-refractivity contribution in [3.05, 3.63) is 83.9 Å². The van der Waals surface area contributed by atoms with Crippen LogP contribution in [0.5, 0.6) is 0 Å². The molecule has 0 saturated carbocycles. The van der Waals surface area contributed by atoms with Gasteiger partial charge in [0, 0.05) is 31.2 Å². The van der Waals surface area contributed by atoms with E-state index in [-0.39, 0.29) is 47.5 Å². The second-order valence-electron chi connectivity index (χ2n) is 10.1. The van der Waals surface area contributed by atoms with Crippen molar-refractivity contribution in [2.75, 3.05) is 13.1 Å². The van der Waals surface area contributed by atoms with Crippen LogP contribution >= 0.6 is 12.4 Å². The minimum absolute atomic E-state index is 0. The van der Waals surface area contributed by atoms with Gasteiger partial charge >= 0.3 is 0 Å². The Labute approximate surface area is 206 Å². The molecule has 180 valence electrons. The van der Waals surface area contributed by atoms with Crippen LogP contribution in [0.3, 0.4) is 0 Å². The summed E-state index contributed by atoms with van der Waals surface area (Å²) in [6, 6.07) is 18.2. The van der Waals surface area contributed by atoms with E-state index in [1.807, 2.05) is 58.2 Å². The second-order valence-corrected chi connectivity index (χ2v) is 10.1. The van der Waals surface area contributed by atoms with E-state index in [9.17, 15) is 9.18 Å². The molecule has 0 spiro atoms. The average molecular weight is 483 g/mol. The molecule has 2 aliphatic rings. The molecule has 2 fully saturated rings. The number of nitrogens with one attached hydrogen (secondary N) is 1. The van der Waals surface area contributed by atoms with Gasteiger partial charge in [0.25, 0.3) is 0 Å². The molecule has 3 atom stereocenters. The number of piperidine rings is 1. The fourth-order valence-electron chi connectivity index (χ4n) is 5.38. The number of amides is 1. The summed E-state index contributed by atoms with van der Waals surface area (Å²) in [5, 5.41) is 8.40. The van der Waals surface area contributed by atoms with Crippen molar-refractivity contribution >= 4 is 18.3 Å². The van der Waals surface area contributed by atoms with Crippen molar-refractivity contribution in [2.45, 2.75) is 51.1 Å². The fraction of sp³-hybridized carbons (Fsp3) is 0.407. The highest BCUT2D eigenvalue weighted by atomic mass is 35.5. The van der Waals surface area contributed by atoms with Gasteiger partial charge in [0.2, 0.25) is 5.91 Å². The maximum absolute atomic E-state index is 14.1. The number of benzene rings is 2. The topological polar surface area (TPSA) is 50.2 Å². The first-order valence-corrected chi connectivity index (χ1v) is 11.8. The Balaban J connectivity index is 0.00000274. The molecular formula is C27H32ClFN4O. The van der Waals surface area contributed by atoms with Gasteiger partial charge in [-0.1, -0.05) is 44.2 Å². The minimum Gasteiger partial charge on any atom is -0.341 e. The van der Waals surface area contributed by atoms with E-state index in [2.05, 4.69) is 19.2 Å². The summed E-state index contributed by atoms with van der Waals surface area (Å²) >= 11 is 0. The Morgan fingerprint density at radius 2 is 1.91 bits per heavy atom. The van der Waals surface area contributed by atoms with Gasteiger partial charge in [-0.3, -0.25) is 10.1 Å². The molecule has 1 amide bonds. The normalized spacial score (nSPS) is 24.0. The van der Waals surface area contributed by atoms with Crippen LogP contribution in [0.1, 0.15) is 56.3 Å². The Bertz CT molecular complexity index is 1130. The number of hydrogen-bond acceptors (Lipinski definition) is 3. The first kappa shape index (κ1) is 24.4. The highest BCUT2D eigenvalue weighted by Gasteiger charge is 2.42. The van der Waals surface area contributed by atoms with Gasteiger partial charge in [0.05, 0.1) is 17.4 Å². The van der Waals surface area contributed by atoms with Crippen LogP contribution in [0, 0.1) is 11.2 Å². The zero-order valence-corrected chi connectivity index (χ0v) is 20.5. The summed E-state index contributed by atoms with van der Waals surface area (Å²) in [5.41, 5.74) is 2.89. The van der Waals surface area contributed by atoms with Crippen LogP contribution in [0.4, 0.5) is 4.39 Å². The number of carbonyl (C=O) groups excluding carboxylic acids is 1. The maximum Gasteiger partial charge on any atom is 0.239 e. The van der Waals surface area contributed by atoms with Crippen LogP contribution < -0.4 is 5.32 Å². The molecule has 3 heterocycles. The van der Waals surface area contributed by atoms with E-state index in [4.69, 9.17) is 5.10 Å². The van der Waals surface area contributed by atoms with Crippen LogP contribution in [0.2, 0.25) is 0 Å². The highest BCUT2D eigenvalue weighted by Crippen LogP contribution is 2.41. The van der Waals surface area contributed by atoms with Crippen molar-refractivity contribution in [3.8, 4) is 5.69 Å². The Hall–Kier alpha value is -2.70.